The zero-order valence-electron chi connectivity index (χ0n) is 8.11. The number of halogens is 2. The maximum Gasteiger partial charge on any atom is 0.257 e. The van der Waals surface area contributed by atoms with Crippen LogP contribution in [0.2, 0.25) is 0 Å². The summed E-state index contributed by atoms with van der Waals surface area (Å²) in [4.78, 5) is 5.78. The summed E-state index contributed by atoms with van der Waals surface area (Å²) in [5.74, 6) is 0.718. The summed E-state index contributed by atoms with van der Waals surface area (Å²) in [5, 5.41) is 0. The van der Waals surface area contributed by atoms with Gasteiger partial charge in [0.1, 0.15) is 5.82 Å². The van der Waals surface area contributed by atoms with Crippen molar-refractivity contribution >= 4 is 5.82 Å². The van der Waals surface area contributed by atoms with E-state index < -0.39 is 12.5 Å². The van der Waals surface area contributed by atoms with Crippen LogP contribution in [0.3, 0.4) is 0 Å². The molecule has 1 heterocycles. The molecule has 1 unspecified atom stereocenters. The fourth-order valence-corrected chi connectivity index (χ4v) is 1.00. The van der Waals surface area contributed by atoms with E-state index in [1.165, 1.54) is 6.20 Å². The normalized spacial score (nSPS) is 13.0. The van der Waals surface area contributed by atoms with Gasteiger partial charge in [-0.15, -0.1) is 0 Å². The maximum absolute atomic E-state index is 12.2. The topological polar surface area (TPSA) is 42.1 Å². The number of anilines is 1. The van der Waals surface area contributed by atoms with Crippen molar-refractivity contribution in [1.82, 2.24) is 4.98 Å². The number of nitrogens with two attached hydrogens (primary N) is 1. The molecule has 14 heavy (non-hydrogen) atoms. The molecule has 0 spiro atoms. The first kappa shape index (κ1) is 10.8. The van der Waals surface area contributed by atoms with Crippen LogP contribution in [0.1, 0.15) is 11.6 Å². The second kappa shape index (κ2) is 4.32. The largest absolute Gasteiger partial charge is 0.363 e. The Morgan fingerprint density at radius 2 is 2.00 bits per heavy atom. The molecule has 0 aliphatic carbocycles. The van der Waals surface area contributed by atoms with Crippen molar-refractivity contribution < 1.29 is 8.78 Å². The SMILES string of the molecule is CN(C)c1ccc(C(N)C(F)F)cn1. The van der Waals surface area contributed by atoms with Crippen molar-refractivity contribution in [3.8, 4) is 0 Å². The van der Waals surface area contributed by atoms with E-state index in [-0.39, 0.29) is 0 Å². The van der Waals surface area contributed by atoms with E-state index in [4.69, 9.17) is 5.73 Å². The molecule has 0 fully saturated rings. The molecule has 1 aromatic rings. The molecule has 0 amide bonds. The average molecular weight is 201 g/mol. The number of pyridine rings is 1. The van der Waals surface area contributed by atoms with Crippen LogP contribution in [0.15, 0.2) is 18.3 Å². The lowest BCUT2D eigenvalue weighted by Crippen LogP contribution is -2.19. The summed E-state index contributed by atoms with van der Waals surface area (Å²) in [6.45, 7) is 0. The van der Waals surface area contributed by atoms with Crippen LogP contribution in [-0.2, 0) is 0 Å². The van der Waals surface area contributed by atoms with Crippen LogP contribution in [0, 0.1) is 0 Å². The third kappa shape index (κ3) is 2.38. The minimum Gasteiger partial charge on any atom is -0.363 e. The Hall–Kier alpha value is -1.23. The first-order chi connectivity index (χ1) is 6.52. The summed E-state index contributed by atoms with van der Waals surface area (Å²) >= 11 is 0. The lowest BCUT2D eigenvalue weighted by molar-refractivity contribution is 0.116. The van der Waals surface area contributed by atoms with E-state index in [0.717, 1.165) is 5.82 Å². The Bertz CT molecular complexity index is 285. The molecule has 2 N–H and O–H groups in total. The number of rotatable bonds is 3. The van der Waals surface area contributed by atoms with Crippen molar-refractivity contribution in [2.75, 3.05) is 19.0 Å². The summed E-state index contributed by atoms with van der Waals surface area (Å²) in [6, 6.07) is 1.98. The fourth-order valence-electron chi connectivity index (χ4n) is 1.00. The molecule has 1 rings (SSSR count). The third-order valence-electron chi connectivity index (χ3n) is 1.89. The Morgan fingerprint density at radius 1 is 1.36 bits per heavy atom. The van der Waals surface area contributed by atoms with Crippen LogP contribution in [-0.4, -0.2) is 25.5 Å². The van der Waals surface area contributed by atoms with E-state index in [1.54, 1.807) is 17.0 Å². The van der Waals surface area contributed by atoms with Crippen molar-refractivity contribution in [3.05, 3.63) is 23.9 Å². The molecule has 0 radical (unpaired) electrons. The van der Waals surface area contributed by atoms with Gasteiger partial charge in [0.05, 0.1) is 6.04 Å². The molecule has 0 saturated carbocycles. The summed E-state index contributed by atoms with van der Waals surface area (Å²) in [5.41, 5.74) is 5.61. The summed E-state index contributed by atoms with van der Waals surface area (Å²) in [7, 11) is 3.66. The van der Waals surface area contributed by atoms with Gasteiger partial charge in [-0.1, -0.05) is 6.07 Å². The van der Waals surface area contributed by atoms with Gasteiger partial charge in [0.25, 0.3) is 6.43 Å². The monoisotopic (exact) mass is 201 g/mol. The minimum atomic E-state index is -2.55. The van der Waals surface area contributed by atoms with Crippen LogP contribution in [0.5, 0.6) is 0 Å². The number of aromatic nitrogens is 1. The number of hydrogen-bond donors (Lipinski definition) is 1. The highest BCUT2D eigenvalue weighted by Crippen LogP contribution is 2.18. The Labute approximate surface area is 81.5 Å². The summed E-state index contributed by atoms with van der Waals surface area (Å²) in [6.07, 6.45) is -1.17. The van der Waals surface area contributed by atoms with E-state index >= 15 is 0 Å². The molecule has 3 nitrogen and oxygen atoms in total. The zero-order chi connectivity index (χ0) is 10.7. The van der Waals surface area contributed by atoms with E-state index in [9.17, 15) is 8.78 Å². The van der Waals surface area contributed by atoms with Crippen molar-refractivity contribution in [3.63, 3.8) is 0 Å². The van der Waals surface area contributed by atoms with Crippen LogP contribution in [0.25, 0.3) is 0 Å². The van der Waals surface area contributed by atoms with Crippen molar-refractivity contribution in [2.24, 2.45) is 5.73 Å². The second-order valence-corrected chi connectivity index (χ2v) is 3.20. The van der Waals surface area contributed by atoms with Gasteiger partial charge in [-0.3, -0.25) is 0 Å². The van der Waals surface area contributed by atoms with Gasteiger partial charge < -0.3 is 10.6 Å². The van der Waals surface area contributed by atoms with Crippen LogP contribution >= 0.6 is 0 Å². The third-order valence-corrected chi connectivity index (χ3v) is 1.89. The van der Waals surface area contributed by atoms with Gasteiger partial charge in [0, 0.05) is 20.3 Å². The second-order valence-electron chi connectivity index (χ2n) is 3.20. The average Bonchev–Trinajstić information content (AvgIpc) is 2.16. The number of hydrogen-bond acceptors (Lipinski definition) is 3. The van der Waals surface area contributed by atoms with E-state index in [0.29, 0.717) is 5.56 Å². The molecule has 1 atom stereocenters. The quantitative estimate of drug-likeness (QED) is 0.804. The van der Waals surface area contributed by atoms with Crippen molar-refractivity contribution in [1.29, 1.82) is 0 Å². The smallest absolute Gasteiger partial charge is 0.257 e. The van der Waals surface area contributed by atoms with Crippen LogP contribution in [0.4, 0.5) is 14.6 Å². The van der Waals surface area contributed by atoms with E-state index in [1.807, 2.05) is 14.1 Å². The highest BCUT2D eigenvalue weighted by molar-refractivity contribution is 5.37. The molecule has 0 aliphatic rings. The van der Waals surface area contributed by atoms with E-state index in [2.05, 4.69) is 4.98 Å². The zero-order valence-corrected chi connectivity index (χ0v) is 8.11. The molecule has 5 heteroatoms. The van der Waals surface area contributed by atoms with Gasteiger partial charge >= 0.3 is 0 Å². The highest BCUT2D eigenvalue weighted by atomic mass is 19.3. The summed E-state index contributed by atoms with van der Waals surface area (Å²) < 4.78 is 24.4. The molecular weight excluding hydrogens is 188 g/mol. The van der Waals surface area contributed by atoms with Gasteiger partial charge in [0.2, 0.25) is 0 Å². The number of nitrogens with zero attached hydrogens (tertiary/aromatic N) is 2. The Kier molecular flexibility index (Phi) is 3.35. The predicted molar refractivity (Wildman–Crippen MR) is 51.5 cm³/mol. The molecule has 0 aliphatic heterocycles. The van der Waals surface area contributed by atoms with Gasteiger partial charge in [-0.2, -0.15) is 0 Å². The van der Waals surface area contributed by atoms with Gasteiger partial charge in [-0.05, 0) is 11.6 Å². The Morgan fingerprint density at radius 3 is 2.36 bits per heavy atom. The Balaban J connectivity index is 2.83. The molecule has 0 aromatic carbocycles. The first-order valence-corrected chi connectivity index (χ1v) is 4.19. The molecule has 78 valence electrons. The lowest BCUT2D eigenvalue weighted by atomic mass is 10.1. The van der Waals surface area contributed by atoms with Gasteiger partial charge in [0.15, 0.2) is 0 Å². The predicted octanol–water partition coefficient (Wildman–Crippen LogP) is 1.41. The number of alkyl halides is 2. The minimum absolute atomic E-state index is 0.352. The standard InChI is InChI=1S/C9H13F2N3/c1-14(2)7-4-3-6(5-13-7)8(12)9(10)11/h3-5,8-9H,12H2,1-2H3. The molecule has 1 aromatic heterocycles. The highest BCUT2D eigenvalue weighted by Gasteiger charge is 2.17. The fraction of sp³-hybridized carbons (Fsp3) is 0.444. The molecular formula is C9H13F2N3. The van der Waals surface area contributed by atoms with Crippen LogP contribution < -0.4 is 10.6 Å². The first-order valence-electron chi connectivity index (χ1n) is 4.19. The van der Waals surface area contributed by atoms with Crippen molar-refractivity contribution in [2.45, 2.75) is 12.5 Å². The maximum atomic E-state index is 12.2. The lowest BCUT2D eigenvalue weighted by Gasteiger charge is -2.13. The molecule has 0 bridgehead atoms. The molecule has 0 saturated heterocycles. The van der Waals surface area contributed by atoms with Gasteiger partial charge in [-0.25, -0.2) is 13.8 Å².